The van der Waals surface area contributed by atoms with E-state index in [0.29, 0.717) is 0 Å². The highest BCUT2D eigenvalue weighted by Gasteiger charge is 2.50. The Kier molecular flexibility index (Phi) is 7.35. The number of para-hydroxylation sites is 2. The SMILES string of the molecule is CC1(C)BB(c2cc(-c3ccccc3)cc(-c3cc(N(c4ccccc4)c4ccccc4)cc4c3sc3ccccc34)c2)OC1(C)C. The Bertz CT molecular complexity index is 2160. The van der Waals surface area contributed by atoms with Gasteiger partial charge in [-0.2, -0.15) is 0 Å². The van der Waals surface area contributed by atoms with Crippen molar-refractivity contribution in [1.82, 2.24) is 0 Å². The average molecular weight is 625 g/mol. The van der Waals surface area contributed by atoms with Crippen molar-refractivity contribution in [3.63, 3.8) is 0 Å². The molecule has 0 radical (unpaired) electrons. The fourth-order valence-electron chi connectivity index (χ4n) is 7.00. The van der Waals surface area contributed by atoms with Crippen LogP contribution in [0, 0.1) is 0 Å². The molecule has 8 rings (SSSR count). The minimum atomic E-state index is -0.217. The van der Waals surface area contributed by atoms with Crippen molar-refractivity contribution < 1.29 is 4.65 Å². The molecule has 47 heavy (non-hydrogen) atoms. The summed E-state index contributed by atoms with van der Waals surface area (Å²) < 4.78 is 9.45. The standard InChI is InChI=1S/C42H37B2NOS/c1-41(2)42(3,4)46-44(43-41)32-25-30(29-16-8-5-9-17-29)24-31(26-32)37-27-35(28-38-36-22-14-15-23-39(36)47-40(37)38)45(33-18-10-6-11-19-33)34-20-12-7-13-21-34/h5-28,43H,1-4H3. The van der Waals surface area contributed by atoms with Crippen LogP contribution >= 0.6 is 11.3 Å². The summed E-state index contributed by atoms with van der Waals surface area (Å²) in [5, 5.41) is 2.63. The molecule has 7 aromatic rings. The number of anilines is 3. The molecule has 6 aromatic carbocycles. The van der Waals surface area contributed by atoms with Gasteiger partial charge in [0.25, 0.3) is 6.81 Å². The van der Waals surface area contributed by atoms with E-state index in [1.165, 1.54) is 47.9 Å². The fraction of sp³-hybridized carbons (Fsp3) is 0.143. The van der Waals surface area contributed by atoms with Crippen LogP contribution < -0.4 is 10.4 Å². The van der Waals surface area contributed by atoms with Gasteiger partial charge in [0, 0.05) is 48.4 Å². The molecule has 228 valence electrons. The van der Waals surface area contributed by atoms with E-state index in [-0.39, 0.29) is 17.7 Å². The Labute approximate surface area is 283 Å². The molecule has 0 amide bonds. The molecule has 0 N–H and O–H groups in total. The number of hydrogen-bond acceptors (Lipinski definition) is 3. The average Bonchev–Trinajstić information content (AvgIpc) is 3.58. The summed E-state index contributed by atoms with van der Waals surface area (Å²) in [4.78, 5) is 2.38. The second kappa shape index (κ2) is 11.6. The Hall–Kier alpha value is -4.57. The van der Waals surface area contributed by atoms with E-state index in [1.54, 1.807) is 0 Å². The molecule has 0 bridgehead atoms. The monoisotopic (exact) mass is 625 g/mol. The van der Waals surface area contributed by atoms with Gasteiger partial charge < -0.3 is 9.55 Å². The van der Waals surface area contributed by atoms with Gasteiger partial charge in [0.2, 0.25) is 0 Å². The molecule has 0 aliphatic carbocycles. The smallest absolute Gasteiger partial charge is 0.284 e. The van der Waals surface area contributed by atoms with E-state index in [2.05, 4.69) is 178 Å². The Morgan fingerprint density at radius 3 is 1.81 bits per heavy atom. The highest BCUT2D eigenvalue weighted by atomic mass is 32.1. The summed E-state index contributed by atoms with van der Waals surface area (Å²) in [7, 11) is 0.978. The first-order valence-electron chi connectivity index (χ1n) is 16.5. The largest absolute Gasteiger partial charge is 0.434 e. The fourth-order valence-corrected chi connectivity index (χ4v) is 8.22. The molecule has 0 saturated carbocycles. The van der Waals surface area contributed by atoms with Gasteiger partial charge in [-0.25, -0.2) is 0 Å². The number of hydrogen-bond donors (Lipinski definition) is 0. The molecule has 1 aliphatic rings. The first-order valence-corrected chi connectivity index (χ1v) is 17.3. The third kappa shape index (κ3) is 5.38. The first kappa shape index (κ1) is 29.8. The lowest BCUT2D eigenvalue weighted by Gasteiger charge is -2.34. The molecular weight excluding hydrogens is 588 g/mol. The number of rotatable bonds is 6. The second-order valence-corrected chi connectivity index (χ2v) is 14.9. The highest BCUT2D eigenvalue weighted by Crippen LogP contribution is 2.47. The minimum absolute atomic E-state index is 0.0219. The molecule has 2 nitrogen and oxygen atoms in total. The number of fused-ring (bicyclic) bond motifs is 3. The summed E-state index contributed by atoms with van der Waals surface area (Å²) in [6.07, 6.45) is 0. The molecule has 2 heterocycles. The lowest BCUT2D eigenvalue weighted by molar-refractivity contribution is 0.0881. The summed E-state index contributed by atoms with van der Waals surface area (Å²) in [5.41, 5.74) is 9.31. The molecule has 1 aromatic heterocycles. The maximum Gasteiger partial charge on any atom is 0.284 e. The van der Waals surface area contributed by atoms with E-state index in [9.17, 15) is 0 Å². The van der Waals surface area contributed by atoms with E-state index < -0.39 is 0 Å². The van der Waals surface area contributed by atoms with E-state index >= 15 is 0 Å². The van der Waals surface area contributed by atoms with Gasteiger partial charge in [-0.3, -0.25) is 0 Å². The maximum absolute atomic E-state index is 6.84. The van der Waals surface area contributed by atoms with Crippen molar-refractivity contribution in [3.8, 4) is 22.3 Å². The predicted molar refractivity (Wildman–Crippen MR) is 207 cm³/mol. The van der Waals surface area contributed by atoms with Crippen LogP contribution in [0.1, 0.15) is 27.7 Å². The zero-order valence-corrected chi connectivity index (χ0v) is 28.2. The van der Waals surface area contributed by atoms with Gasteiger partial charge >= 0.3 is 0 Å². The highest BCUT2D eigenvalue weighted by molar-refractivity contribution is 7.26. The third-order valence-electron chi connectivity index (χ3n) is 10.3. The van der Waals surface area contributed by atoms with Gasteiger partial charge in [-0.05, 0) is 84.4 Å². The molecular formula is C42H37B2NOS. The minimum Gasteiger partial charge on any atom is -0.434 e. The van der Waals surface area contributed by atoms with Gasteiger partial charge in [0.15, 0.2) is 0 Å². The summed E-state index contributed by atoms with van der Waals surface area (Å²) in [6, 6.07) is 52.9. The Morgan fingerprint density at radius 1 is 0.574 bits per heavy atom. The summed E-state index contributed by atoms with van der Waals surface area (Å²) >= 11 is 1.88. The molecule has 0 atom stereocenters. The van der Waals surface area contributed by atoms with Crippen LogP contribution in [0.3, 0.4) is 0 Å². The molecule has 1 aliphatic heterocycles. The Balaban J connectivity index is 1.40. The van der Waals surface area contributed by atoms with Crippen LogP contribution in [0.15, 0.2) is 146 Å². The summed E-state index contributed by atoms with van der Waals surface area (Å²) in [6.45, 7) is 9.16. The molecule has 0 spiro atoms. The zero-order chi connectivity index (χ0) is 32.2. The number of benzene rings is 6. The van der Waals surface area contributed by atoms with Gasteiger partial charge in [0.05, 0.1) is 0 Å². The van der Waals surface area contributed by atoms with Gasteiger partial charge in [-0.1, -0.05) is 116 Å². The van der Waals surface area contributed by atoms with Crippen molar-refractivity contribution in [3.05, 3.63) is 146 Å². The number of nitrogens with zero attached hydrogens (tertiary/aromatic N) is 1. The molecule has 1 saturated heterocycles. The number of thiophene rings is 1. The second-order valence-electron chi connectivity index (χ2n) is 13.9. The Morgan fingerprint density at radius 2 is 1.17 bits per heavy atom. The van der Waals surface area contributed by atoms with Crippen LogP contribution in [0.4, 0.5) is 17.1 Å². The van der Waals surface area contributed by atoms with Gasteiger partial charge in [0.1, 0.15) is 7.17 Å². The quantitative estimate of drug-likeness (QED) is 0.171. The topological polar surface area (TPSA) is 12.5 Å². The molecule has 5 heteroatoms. The van der Waals surface area contributed by atoms with Crippen LogP contribution in [0.5, 0.6) is 0 Å². The van der Waals surface area contributed by atoms with Crippen LogP contribution in [-0.4, -0.2) is 19.6 Å². The van der Waals surface area contributed by atoms with Crippen LogP contribution in [-0.2, 0) is 4.65 Å². The lowest BCUT2D eigenvalue weighted by atomic mass is 9.23. The molecule has 1 fully saturated rings. The van der Waals surface area contributed by atoms with Crippen molar-refractivity contribution in [1.29, 1.82) is 0 Å². The lowest BCUT2D eigenvalue weighted by Crippen LogP contribution is -2.37. The van der Waals surface area contributed by atoms with Gasteiger partial charge in [-0.15, -0.1) is 11.3 Å². The van der Waals surface area contributed by atoms with Crippen molar-refractivity contribution >= 4 is 68.0 Å². The van der Waals surface area contributed by atoms with Crippen molar-refractivity contribution in [2.75, 3.05) is 4.90 Å². The van der Waals surface area contributed by atoms with Crippen LogP contribution in [0.25, 0.3) is 42.4 Å². The maximum atomic E-state index is 6.84. The van der Waals surface area contributed by atoms with E-state index in [1.807, 2.05) is 11.3 Å². The van der Waals surface area contributed by atoms with Crippen LogP contribution in [0.2, 0.25) is 5.31 Å². The van der Waals surface area contributed by atoms with Crippen molar-refractivity contribution in [2.45, 2.75) is 38.6 Å². The first-order chi connectivity index (χ1) is 22.8. The normalized spacial score (nSPS) is 15.2. The molecule has 0 unspecified atom stereocenters. The third-order valence-corrected chi connectivity index (χ3v) is 11.5. The summed E-state index contributed by atoms with van der Waals surface area (Å²) in [5.74, 6) is 0. The van der Waals surface area contributed by atoms with E-state index in [4.69, 9.17) is 4.65 Å². The zero-order valence-electron chi connectivity index (χ0n) is 27.4. The predicted octanol–water partition coefficient (Wildman–Crippen LogP) is 11.0. The van der Waals surface area contributed by atoms with E-state index in [0.717, 1.165) is 24.2 Å². The van der Waals surface area contributed by atoms with Crippen molar-refractivity contribution in [2.24, 2.45) is 0 Å².